The Bertz CT molecular complexity index is 1450. The molecule has 2 aromatic heterocycles. The van der Waals surface area contributed by atoms with Crippen molar-refractivity contribution < 1.29 is 4.74 Å². The molecule has 8 heteroatoms. The minimum absolute atomic E-state index is 0.157. The zero-order chi connectivity index (χ0) is 23.1. The van der Waals surface area contributed by atoms with Crippen molar-refractivity contribution in [2.24, 2.45) is 13.0 Å². The lowest BCUT2D eigenvalue weighted by Gasteiger charge is -2.33. The summed E-state index contributed by atoms with van der Waals surface area (Å²) >= 11 is 0. The van der Waals surface area contributed by atoms with E-state index in [9.17, 15) is 9.59 Å². The molecule has 0 saturated heterocycles. The van der Waals surface area contributed by atoms with E-state index in [-0.39, 0.29) is 18.0 Å². The monoisotopic (exact) mass is 443 g/mol. The Labute approximate surface area is 190 Å². The van der Waals surface area contributed by atoms with Gasteiger partial charge in [0.15, 0.2) is 11.2 Å². The molecule has 0 N–H and O–H groups in total. The molecular formula is C25H25N5O3. The van der Waals surface area contributed by atoms with Crippen LogP contribution in [0.3, 0.4) is 0 Å². The molecule has 0 amide bonds. The molecule has 0 fully saturated rings. The smallest absolute Gasteiger partial charge is 0.332 e. The van der Waals surface area contributed by atoms with E-state index in [0.29, 0.717) is 23.7 Å². The summed E-state index contributed by atoms with van der Waals surface area (Å²) in [5.41, 5.74) is 1.03. The summed E-state index contributed by atoms with van der Waals surface area (Å²) in [5, 5.41) is 0. The first-order valence-electron chi connectivity index (χ1n) is 10.9. The molecule has 0 spiro atoms. The van der Waals surface area contributed by atoms with Crippen molar-refractivity contribution in [2.75, 3.05) is 11.4 Å². The largest absolute Gasteiger partial charge is 0.457 e. The first-order valence-corrected chi connectivity index (χ1v) is 10.9. The van der Waals surface area contributed by atoms with Crippen molar-refractivity contribution >= 4 is 22.8 Å². The van der Waals surface area contributed by atoms with Crippen LogP contribution in [0.1, 0.15) is 6.92 Å². The highest BCUT2D eigenvalue weighted by Gasteiger charge is 2.29. The van der Waals surface area contributed by atoms with Crippen LogP contribution in [-0.2, 0) is 20.1 Å². The van der Waals surface area contributed by atoms with E-state index in [4.69, 9.17) is 9.72 Å². The summed E-state index contributed by atoms with van der Waals surface area (Å²) in [5.74, 6) is 2.44. The van der Waals surface area contributed by atoms with E-state index in [0.717, 1.165) is 23.7 Å². The fourth-order valence-corrected chi connectivity index (χ4v) is 4.33. The molecule has 4 aromatic rings. The number of ether oxygens (including phenoxy) is 1. The third kappa shape index (κ3) is 3.53. The molecule has 1 atom stereocenters. The lowest BCUT2D eigenvalue weighted by molar-refractivity contribution is 0.457. The molecule has 168 valence electrons. The Balaban J connectivity index is 1.58. The van der Waals surface area contributed by atoms with Crippen LogP contribution in [0.2, 0.25) is 0 Å². The minimum atomic E-state index is -0.398. The number of hydrogen-bond acceptors (Lipinski definition) is 5. The molecule has 0 bridgehead atoms. The summed E-state index contributed by atoms with van der Waals surface area (Å²) in [6, 6.07) is 17.4. The van der Waals surface area contributed by atoms with Crippen LogP contribution in [0.15, 0.2) is 76.8 Å². The number of fused-ring (bicyclic) bond motifs is 3. The van der Waals surface area contributed by atoms with Gasteiger partial charge in [0.1, 0.15) is 11.5 Å². The lowest BCUT2D eigenvalue weighted by atomic mass is 10.1. The van der Waals surface area contributed by atoms with Crippen molar-refractivity contribution in [3.05, 3.63) is 88.1 Å². The van der Waals surface area contributed by atoms with Gasteiger partial charge in [0, 0.05) is 32.4 Å². The molecular weight excluding hydrogens is 418 g/mol. The molecule has 0 saturated carbocycles. The Morgan fingerprint density at radius 3 is 2.45 bits per heavy atom. The van der Waals surface area contributed by atoms with Crippen molar-refractivity contribution in [3.63, 3.8) is 0 Å². The third-order valence-corrected chi connectivity index (χ3v) is 5.88. The minimum Gasteiger partial charge on any atom is -0.457 e. The average Bonchev–Trinajstić information content (AvgIpc) is 3.21. The maximum atomic E-state index is 13.2. The Hall–Kier alpha value is -4.07. The summed E-state index contributed by atoms with van der Waals surface area (Å²) in [7, 11) is 1.65. The van der Waals surface area contributed by atoms with Gasteiger partial charge in [-0.15, -0.1) is 6.58 Å². The number of benzene rings is 2. The molecule has 8 nitrogen and oxygen atoms in total. The molecule has 2 aromatic carbocycles. The second kappa shape index (κ2) is 8.12. The Morgan fingerprint density at radius 2 is 1.76 bits per heavy atom. The number of hydrogen-bond donors (Lipinski definition) is 0. The van der Waals surface area contributed by atoms with Gasteiger partial charge in [0.25, 0.3) is 5.56 Å². The quantitative estimate of drug-likeness (QED) is 0.440. The fraction of sp³-hybridized carbons (Fsp3) is 0.240. The average molecular weight is 444 g/mol. The standard InChI is InChI=1S/C25H25N5O3/c1-4-14-28-23(31)21-22(27(3)25(28)32)26-24-29(15-17(2)16-30(21)24)18-10-12-20(13-11-18)33-19-8-6-5-7-9-19/h4-13,17H,1,14-16H2,2-3H3/t17-/m1/s1. The van der Waals surface area contributed by atoms with Gasteiger partial charge in [0.05, 0.1) is 0 Å². The summed E-state index contributed by atoms with van der Waals surface area (Å²) in [6.45, 7) is 7.37. The van der Waals surface area contributed by atoms with Gasteiger partial charge in [-0.2, -0.15) is 4.98 Å². The van der Waals surface area contributed by atoms with Crippen LogP contribution >= 0.6 is 0 Å². The zero-order valence-corrected chi connectivity index (χ0v) is 18.6. The van der Waals surface area contributed by atoms with E-state index >= 15 is 0 Å². The Morgan fingerprint density at radius 1 is 1.06 bits per heavy atom. The number of anilines is 2. The number of allylic oxidation sites excluding steroid dienone is 1. The molecule has 0 aliphatic carbocycles. The maximum Gasteiger partial charge on any atom is 0.332 e. The van der Waals surface area contributed by atoms with Crippen molar-refractivity contribution in [3.8, 4) is 11.5 Å². The predicted octanol–water partition coefficient (Wildman–Crippen LogP) is 3.66. The van der Waals surface area contributed by atoms with Gasteiger partial charge >= 0.3 is 5.69 Å². The second-order valence-electron chi connectivity index (χ2n) is 8.37. The third-order valence-electron chi connectivity index (χ3n) is 5.88. The van der Waals surface area contributed by atoms with Gasteiger partial charge in [-0.1, -0.05) is 31.2 Å². The fourth-order valence-electron chi connectivity index (χ4n) is 4.33. The van der Waals surface area contributed by atoms with E-state index in [2.05, 4.69) is 18.4 Å². The molecule has 1 aliphatic rings. The topological polar surface area (TPSA) is 74.3 Å². The predicted molar refractivity (Wildman–Crippen MR) is 129 cm³/mol. The van der Waals surface area contributed by atoms with Crippen LogP contribution in [-0.4, -0.2) is 25.2 Å². The van der Waals surface area contributed by atoms with Crippen LogP contribution in [0.4, 0.5) is 11.6 Å². The first-order chi connectivity index (χ1) is 16.0. The van der Waals surface area contributed by atoms with Gasteiger partial charge in [0.2, 0.25) is 5.95 Å². The van der Waals surface area contributed by atoms with Gasteiger partial charge in [-0.3, -0.25) is 13.9 Å². The van der Waals surface area contributed by atoms with E-state index in [1.165, 1.54) is 9.13 Å². The maximum absolute atomic E-state index is 13.2. The Kier molecular flexibility index (Phi) is 5.12. The lowest BCUT2D eigenvalue weighted by Crippen LogP contribution is -2.40. The molecule has 0 radical (unpaired) electrons. The van der Waals surface area contributed by atoms with Gasteiger partial charge in [-0.05, 0) is 42.3 Å². The second-order valence-corrected chi connectivity index (χ2v) is 8.37. The highest BCUT2D eigenvalue weighted by atomic mass is 16.5. The number of aryl methyl sites for hydroxylation is 1. The summed E-state index contributed by atoms with van der Waals surface area (Å²) in [4.78, 5) is 32.7. The SMILES string of the molecule is C=CCn1c(=O)c2c(nc3n2C[C@H](C)CN3c2ccc(Oc3ccccc3)cc2)n(C)c1=O. The number of imidazole rings is 1. The molecule has 5 rings (SSSR count). The highest BCUT2D eigenvalue weighted by molar-refractivity contribution is 5.77. The van der Waals surface area contributed by atoms with Crippen molar-refractivity contribution in [1.29, 1.82) is 0 Å². The summed E-state index contributed by atoms with van der Waals surface area (Å²) < 4.78 is 10.5. The van der Waals surface area contributed by atoms with Crippen molar-refractivity contribution in [2.45, 2.75) is 20.0 Å². The normalized spacial score (nSPS) is 15.5. The van der Waals surface area contributed by atoms with Crippen LogP contribution in [0, 0.1) is 5.92 Å². The van der Waals surface area contributed by atoms with Gasteiger partial charge < -0.3 is 14.2 Å². The highest BCUT2D eigenvalue weighted by Crippen LogP contribution is 2.34. The van der Waals surface area contributed by atoms with Crippen molar-refractivity contribution in [1.82, 2.24) is 18.7 Å². The van der Waals surface area contributed by atoms with E-state index < -0.39 is 5.69 Å². The molecule has 1 aliphatic heterocycles. The molecule has 3 heterocycles. The number of nitrogens with zero attached hydrogens (tertiary/aromatic N) is 5. The molecule has 0 unspecified atom stereocenters. The number of para-hydroxylation sites is 1. The zero-order valence-electron chi connectivity index (χ0n) is 18.6. The van der Waals surface area contributed by atoms with Crippen LogP contribution in [0.25, 0.3) is 11.2 Å². The molecule has 33 heavy (non-hydrogen) atoms. The van der Waals surface area contributed by atoms with E-state index in [1.54, 1.807) is 13.1 Å². The summed E-state index contributed by atoms with van der Waals surface area (Å²) in [6.07, 6.45) is 1.55. The van der Waals surface area contributed by atoms with Crippen LogP contribution in [0.5, 0.6) is 11.5 Å². The van der Waals surface area contributed by atoms with E-state index in [1.807, 2.05) is 59.2 Å². The van der Waals surface area contributed by atoms with Gasteiger partial charge in [-0.25, -0.2) is 4.79 Å². The number of rotatable bonds is 5. The van der Waals surface area contributed by atoms with Crippen LogP contribution < -0.4 is 20.9 Å². The first kappa shape index (κ1) is 20.8. The number of aromatic nitrogens is 4.